The van der Waals surface area contributed by atoms with Crippen LogP contribution >= 0.6 is 12.2 Å². The fraction of sp³-hybridized carbons (Fsp3) is 0.278. The Kier molecular flexibility index (Phi) is 4.76. The summed E-state index contributed by atoms with van der Waals surface area (Å²) in [5.74, 6) is 0.536. The molecule has 0 spiro atoms. The number of rotatable bonds is 3. The molecule has 0 aromatic heterocycles. The summed E-state index contributed by atoms with van der Waals surface area (Å²) in [6.07, 6.45) is 2.08. The van der Waals surface area contributed by atoms with Crippen LogP contribution in [0, 0.1) is 5.82 Å². The lowest BCUT2D eigenvalue weighted by Gasteiger charge is -2.28. The minimum atomic E-state index is -0.299. The Bertz CT molecular complexity index is 707. The summed E-state index contributed by atoms with van der Waals surface area (Å²) in [7, 11) is 1.66. The molecule has 1 N–H and O–H groups in total. The van der Waals surface area contributed by atoms with E-state index >= 15 is 0 Å². The molecule has 0 radical (unpaired) electrons. The lowest BCUT2D eigenvalue weighted by Crippen LogP contribution is -2.34. The molecular weight excluding hydrogens is 311 g/mol. The molecule has 3 nitrogen and oxygen atoms in total. The van der Waals surface area contributed by atoms with Crippen molar-refractivity contribution in [2.45, 2.75) is 18.9 Å². The zero-order valence-electron chi connectivity index (χ0n) is 13.0. The second-order valence-electron chi connectivity index (χ2n) is 5.54. The van der Waals surface area contributed by atoms with Crippen LogP contribution in [-0.4, -0.2) is 23.7 Å². The lowest BCUT2D eigenvalue weighted by atomic mass is 10.0. The first kappa shape index (κ1) is 15.7. The van der Waals surface area contributed by atoms with Gasteiger partial charge in [0.1, 0.15) is 11.6 Å². The van der Waals surface area contributed by atoms with Crippen molar-refractivity contribution in [3.8, 4) is 5.75 Å². The molecule has 0 saturated carbocycles. The highest BCUT2D eigenvalue weighted by Gasteiger charge is 2.28. The number of para-hydroxylation sites is 1. The smallest absolute Gasteiger partial charge is 0.174 e. The van der Waals surface area contributed by atoms with E-state index in [0.717, 1.165) is 25.1 Å². The highest BCUT2D eigenvalue weighted by Crippen LogP contribution is 2.34. The third-order valence-electron chi connectivity index (χ3n) is 4.11. The number of ether oxygens (including phenoxy) is 1. The van der Waals surface area contributed by atoms with Gasteiger partial charge in [-0.15, -0.1) is 0 Å². The number of halogens is 1. The molecule has 3 rings (SSSR count). The summed E-state index contributed by atoms with van der Waals surface area (Å²) >= 11 is 5.51. The number of nitrogens with one attached hydrogen (secondary N) is 1. The first-order chi connectivity index (χ1) is 11.2. The molecule has 1 saturated heterocycles. The molecule has 1 aliphatic heterocycles. The van der Waals surface area contributed by atoms with Crippen molar-refractivity contribution in [2.75, 3.05) is 19.0 Å². The Labute approximate surface area is 141 Å². The summed E-state index contributed by atoms with van der Waals surface area (Å²) in [6.45, 7) is 0.863. The van der Waals surface area contributed by atoms with Crippen LogP contribution in [0.1, 0.15) is 24.4 Å². The zero-order chi connectivity index (χ0) is 16.2. The number of nitrogens with zero attached hydrogens (tertiary/aromatic N) is 1. The van der Waals surface area contributed by atoms with E-state index in [-0.39, 0.29) is 11.9 Å². The molecule has 0 bridgehead atoms. The predicted octanol–water partition coefficient (Wildman–Crippen LogP) is 4.37. The van der Waals surface area contributed by atoms with Gasteiger partial charge >= 0.3 is 0 Å². The molecule has 1 fully saturated rings. The quantitative estimate of drug-likeness (QED) is 0.845. The van der Waals surface area contributed by atoms with Crippen LogP contribution in [0.4, 0.5) is 10.1 Å². The van der Waals surface area contributed by atoms with Crippen LogP contribution in [0.15, 0.2) is 48.5 Å². The number of methoxy groups -OCH3 is 1. The van der Waals surface area contributed by atoms with Crippen molar-refractivity contribution >= 4 is 23.0 Å². The molecule has 2 aromatic rings. The minimum Gasteiger partial charge on any atom is -0.497 e. The fourth-order valence-electron chi connectivity index (χ4n) is 2.95. The number of anilines is 1. The second-order valence-corrected chi connectivity index (χ2v) is 5.92. The van der Waals surface area contributed by atoms with Crippen LogP contribution in [0.25, 0.3) is 0 Å². The van der Waals surface area contributed by atoms with Gasteiger partial charge in [0, 0.05) is 6.54 Å². The molecule has 23 heavy (non-hydrogen) atoms. The van der Waals surface area contributed by atoms with Gasteiger partial charge in [0.25, 0.3) is 0 Å². The summed E-state index contributed by atoms with van der Waals surface area (Å²) < 4.78 is 19.1. The van der Waals surface area contributed by atoms with Crippen molar-refractivity contribution < 1.29 is 9.13 Å². The summed E-state index contributed by atoms with van der Waals surface area (Å²) in [4.78, 5) is 2.12. The molecule has 2 aromatic carbocycles. The molecule has 1 aliphatic rings. The first-order valence-corrected chi connectivity index (χ1v) is 8.06. The third kappa shape index (κ3) is 3.45. The van der Waals surface area contributed by atoms with E-state index in [9.17, 15) is 4.39 Å². The van der Waals surface area contributed by atoms with E-state index in [2.05, 4.69) is 16.3 Å². The van der Waals surface area contributed by atoms with Crippen molar-refractivity contribution in [2.24, 2.45) is 0 Å². The van der Waals surface area contributed by atoms with Gasteiger partial charge in [-0.2, -0.15) is 0 Å². The zero-order valence-corrected chi connectivity index (χ0v) is 13.8. The monoisotopic (exact) mass is 330 g/mol. The average molecular weight is 330 g/mol. The maximum Gasteiger partial charge on any atom is 0.174 e. The van der Waals surface area contributed by atoms with Gasteiger partial charge in [-0.1, -0.05) is 24.3 Å². The van der Waals surface area contributed by atoms with Gasteiger partial charge in [-0.25, -0.2) is 4.39 Å². The average Bonchev–Trinajstić information content (AvgIpc) is 3.07. The molecule has 1 atom stereocenters. The van der Waals surface area contributed by atoms with Gasteiger partial charge in [-0.3, -0.25) is 0 Å². The SMILES string of the molecule is COc1cccc(C2CCCN2C(=S)Nc2ccccc2F)c1. The standard InChI is InChI=1S/C18H19FN2OS/c1-22-14-7-4-6-13(12-14)17-10-5-11-21(17)18(23)20-16-9-3-2-8-15(16)19/h2-4,6-9,12,17H,5,10-11H2,1H3,(H,20,23). The fourth-order valence-corrected chi connectivity index (χ4v) is 3.28. The number of likely N-dealkylation sites (tertiary alicyclic amines) is 1. The number of hydrogen-bond acceptors (Lipinski definition) is 2. The number of benzene rings is 2. The van der Waals surface area contributed by atoms with E-state index in [4.69, 9.17) is 17.0 Å². The van der Waals surface area contributed by atoms with E-state index in [1.165, 1.54) is 11.6 Å². The van der Waals surface area contributed by atoms with Crippen molar-refractivity contribution in [1.29, 1.82) is 0 Å². The molecular formula is C18H19FN2OS. The van der Waals surface area contributed by atoms with Crippen LogP contribution < -0.4 is 10.1 Å². The lowest BCUT2D eigenvalue weighted by molar-refractivity contribution is 0.396. The summed E-state index contributed by atoms with van der Waals surface area (Å²) in [5.41, 5.74) is 1.58. The minimum absolute atomic E-state index is 0.192. The van der Waals surface area contributed by atoms with Crippen LogP contribution in [0.2, 0.25) is 0 Å². The Morgan fingerprint density at radius 3 is 2.87 bits per heavy atom. The summed E-state index contributed by atoms with van der Waals surface area (Å²) in [6, 6.07) is 14.8. The number of hydrogen-bond donors (Lipinski definition) is 1. The van der Waals surface area contributed by atoms with Crippen molar-refractivity contribution in [3.63, 3.8) is 0 Å². The highest BCUT2D eigenvalue weighted by atomic mass is 32.1. The Hall–Kier alpha value is -2.14. The molecule has 1 heterocycles. The second kappa shape index (κ2) is 6.96. The van der Waals surface area contributed by atoms with E-state index in [0.29, 0.717) is 10.8 Å². The third-order valence-corrected chi connectivity index (χ3v) is 4.44. The van der Waals surface area contributed by atoms with Gasteiger partial charge in [0.05, 0.1) is 18.8 Å². The van der Waals surface area contributed by atoms with Crippen molar-refractivity contribution in [1.82, 2.24) is 4.90 Å². The van der Waals surface area contributed by atoms with Gasteiger partial charge in [0.2, 0.25) is 0 Å². The highest BCUT2D eigenvalue weighted by molar-refractivity contribution is 7.80. The van der Waals surface area contributed by atoms with Gasteiger partial charge in [-0.05, 0) is 54.9 Å². The largest absolute Gasteiger partial charge is 0.497 e. The normalized spacial score (nSPS) is 17.1. The van der Waals surface area contributed by atoms with Gasteiger partial charge in [0.15, 0.2) is 5.11 Å². The van der Waals surface area contributed by atoms with Crippen LogP contribution in [0.3, 0.4) is 0 Å². The predicted molar refractivity (Wildman–Crippen MR) is 94.3 cm³/mol. The van der Waals surface area contributed by atoms with Crippen LogP contribution in [0.5, 0.6) is 5.75 Å². The molecule has 5 heteroatoms. The maximum absolute atomic E-state index is 13.8. The Morgan fingerprint density at radius 1 is 1.26 bits per heavy atom. The molecule has 0 aliphatic carbocycles. The topological polar surface area (TPSA) is 24.5 Å². The first-order valence-electron chi connectivity index (χ1n) is 7.65. The van der Waals surface area contributed by atoms with Crippen LogP contribution in [-0.2, 0) is 0 Å². The van der Waals surface area contributed by atoms with Gasteiger partial charge < -0.3 is 15.0 Å². The maximum atomic E-state index is 13.8. The van der Waals surface area contributed by atoms with E-state index < -0.39 is 0 Å². The molecule has 0 amide bonds. The Balaban J connectivity index is 1.78. The van der Waals surface area contributed by atoms with E-state index in [1.54, 1.807) is 25.3 Å². The summed E-state index contributed by atoms with van der Waals surface area (Å²) in [5, 5.41) is 3.59. The van der Waals surface area contributed by atoms with E-state index in [1.807, 2.05) is 18.2 Å². The number of thiocarbonyl (C=S) groups is 1. The molecule has 1 unspecified atom stereocenters. The Morgan fingerprint density at radius 2 is 2.09 bits per heavy atom. The molecule has 120 valence electrons. The van der Waals surface area contributed by atoms with Crippen molar-refractivity contribution in [3.05, 3.63) is 59.9 Å².